The van der Waals surface area contributed by atoms with Crippen LogP contribution in [0.5, 0.6) is 0 Å². The second-order valence-corrected chi connectivity index (χ2v) is 11.6. The van der Waals surface area contributed by atoms with Gasteiger partial charge in [0, 0.05) is 25.9 Å². The molecule has 0 aliphatic carbocycles. The number of hydrogen-bond donors (Lipinski definition) is 0. The summed E-state index contributed by atoms with van der Waals surface area (Å²) in [6.07, 6.45) is 0. The first kappa shape index (κ1) is 22.1. The van der Waals surface area contributed by atoms with Gasteiger partial charge in [0.25, 0.3) is 0 Å². The van der Waals surface area contributed by atoms with Crippen LogP contribution in [0.2, 0.25) is 0 Å². The monoisotopic (exact) mass is 526 g/mol. The summed E-state index contributed by atoms with van der Waals surface area (Å²) in [5.74, 6) is 0. The molecule has 7 aromatic carbocycles. The Morgan fingerprint density at radius 3 is 2.12 bits per heavy atom. The standard InChI is InChI=1S/C38H22OS/c1-2-12-28-23(7-1)17-19-33-37(28)38-29(13-6-15-32(38)39-33)27-11-3-10-25(21-27)26-18-20-34-31(22-26)30-14-4-8-24-9-5-16-35(40-34)36(24)30/h1-22H. The van der Waals surface area contributed by atoms with Crippen LogP contribution in [0, 0.1) is 0 Å². The Bertz CT molecular complexity index is 2300. The number of rotatable bonds is 2. The quantitative estimate of drug-likeness (QED) is 0.222. The molecular formula is C38H22OS. The van der Waals surface area contributed by atoms with Crippen molar-refractivity contribution in [1.29, 1.82) is 0 Å². The van der Waals surface area contributed by atoms with E-state index in [0.29, 0.717) is 0 Å². The molecule has 0 amide bonds. The van der Waals surface area contributed by atoms with Gasteiger partial charge in [-0.05, 0) is 85.9 Å². The lowest BCUT2D eigenvalue weighted by molar-refractivity contribution is 0.669. The number of benzene rings is 7. The predicted molar refractivity (Wildman–Crippen MR) is 169 cm³/mol. The summed E-state index contributed by atoms with van der Waals surface area (Å²) in [6.45, 7) is 0. The molecule has 1 aliphatic heterocycles. The van der Waals surface area contributed by atoms with Crippen LogP contribution in [-0.4, -0.2) is 0 Å². The van der Waals surface area contributed by atoms with Crippen molar-refractivity contribution in [3.05, 3.63) is 133 Å². The van der Waals surface area contributed by atoms with Gasteiger partial charge in [-0.2, -0.15) is 0 Å². The van der Waals surface area contributed by atoms with E-state index in [0.717, 1.165) is 11.2 Å². The van der Waals surface area contributed by atoms with Crippen molar-refractivity contribution in [3.8, 4) is 33.4 Å². The maximum Gasteiger partial charge on any atom is 0.136 e. The SMILES string of the molecule is c1cc(-c2ccc3c(c2)-c2cccc4cccc(c24)S3)cc(-c2cccc3oc4ccc5ccccc5c4c23)c1. The highest BCUT2D eigenvalue weighted by Gasteiger charge is 2.20. The molecular weight excluding hydrogens is 504 g/mol. The molecule has 9 rings (SSSR count). The van der Waals surface area contributed by atoms with Crippen LogP contribution >= 0.6 is 11.8 Å². The van der Waals surface area contributed by atoms with Gasteiger partial charge in [0.05, 0.1) is 0 Å². The molecule has 0 unspecified atom stereocenters. The molecule has 0 saturated carbocycles. The van der Waals surface area contributed by atoms with Crippen LogP contribution in [0.4, 0.5) is 0 Å². The lowest BCUT2D eigenvalue weighted by Crippen LogP contribution is -1.93. The number of hydrogen-bond acceptors (Lipinski definition) is 2. The second-order valence-electron chi connectivity index (χ2n) is 10.5. The zero-order valence-electron chi connectivity index (χ0n) is 21.5. The van der Waals surface area contributed by atoms with Crippen molar-refractivity contribution in [2.24, 2.45) is 0 Å². The van der Waals surface area contributed by atoms with Gasteiger partial charge in [-0.25, -0.2) is 0 Å². The van der Waals surface area contributed by atoms with E-state index in [1.165, 1.54) is 75.5 Å². The Labute approximate surface area is 235 Å². The summed E-state index contributed by atoms with van der Waals surface area (Å²) < 4.78 is 6.35. The Morgan fingerprint density at radius 1 is 0.400 bits per heavy atom. The molecule has 2 heteroatoms. The molecule has 0 saturated heterocycles. The zero-order valence-corrected chi connectivity index (χ0v) is 22.3. The fourth-order valence-corrected chi connectivity index (χ4v) is 7.57. The average Bonchev–Trinajstić information content (AvgIpc) is 3.41. The highest BCUT2D eigenvalue weighted by atomic mass is 32.2. The summed E-state index contributed by atoms with van der Waals surface area (Å²) in [7, 11) is 0. The third kappa shape index (κ3) is 3.17. The van der Waals surface area contributed by atoms with Gasteiger partial charge < -0.3 is 4.42 Å². The minimum absolute atomic E-state index is 0.923. The summed E-state index contributed by atoms with van der Waals surface area (Å²) >= 11 is 1.87. The molecule has 1 aliphatic rings. The maximum absolute atomic E-state index is 6.35. The Morgan fingerprint density at radius 2 is 1.15 bits per heavy atom. The minimum Gasteiger partial charge on any atom is -0.456 e. The van der Waals surface area contributed by atoms with Gasteiger partial charge >= 0.3 is 0 Å². The van der Waals surface area contributed by atoms with Gasteiger partial charge in [-0.3, -0.25) is 0 Å². The Balaban J connectivity index is 1.23. The summed E-state index contributed by atoms with van der Waals surface area (Å²) in [5, 5.41) is 7.48. The minimum atomic E-state index is 0.923. The van der Waals surface area contributed by atoms with Gasteiger partial charge in [-0.15, -0.1) is 0 Å². The first-order chi connectivity index (χ1) is 19.8. The maximum atomic E-state index is 6.35. The highest BCUT2D eigenvalue weighted by Crippen LogP contribution is 2.49. The normalized spacial score (nSPS) is 12.4. The van der Waals surface area contributed by atoms with E-state index in [2.05, 4.69) is 133 Å². The molecule has 0 N–H and O–H groups in total. The fraction of sp³-hybridized carbons (Fsp3) is 0. The van der Waals surface area contributed by atoms with Gasteiger partial charge in [0.15, 0.2) is 0 Å². The topological polar surface area (TPSA) is 13.1 Å². The molecule has 1 nitrogen and oxygen atoms in total. The van der Waals surface area contributed by atoms with E-state index in [1.54, 1.807) is 0 Å². The van der Waals surface area contributed by atoms with Crippen LogP contribution in [-0.2, 0) is 0 Å². The van der Waals surface area contributed by atoms with Crippen LogP contribution < -0.4 is 0 Å². The molecule has 186 valence electrons. The molecule has 1 aromatic heterocycles. The summed E-state index contributed by atoms with van der Waals surface area (Å²) in [5.41, 5.74) is 9.32. The smallest absolute Gasteiger partial charge is 0.136 e. The van der Waals surface area contributed by atoms with Crippen molar-refractivity contribution < 1.29 is 4.42 Å². The van der Waals surface area contributed by atoms with Crippen molar-refractivity contribution in [2.45, 2.75) is 9.79 Å². The fourth-order valence-electron chi connectivity index (χ4n) is 6.44. The number of fused-ring (bicyclic) bond motifs is 7. The Hall–Kier alpha value is -4.79. The molecule has 40 heavy (non-hydrogen) atoms. The van der Waals surface area contributed by atoms with E-state index in [9.17, 15) is 0 Å². The molecule has 0 atom stereocenters. The lowest BCUT2D eigenvalue weighted by atomic mass is 9.92. The van der Waals surface area contributed by atoms with Gasteiger partial charge in [0.2, 0.25) is 0 Å². The average molecular weight is 527 g/mol. The highest BCUT2D eigenvalue weighted by molar-refractivity contribution is 7.99. The Kier molecular flexibility index (Phi) is 4.61. The van der Waals surface area contributed by atoms with Crippen molar-refractivity contribution in [2.75, 3.05) is 0 Å². The molecule has 8 aromatic rings. The molecule has 2 heterocycles. The van der Waals surface area contributed by atoms with Crippen LogP contribution in [0.15, 0.2) is 148 Å². The molecule has 0 bridgehead atoms. The first-order valence-electron chi connectivity index (χ1n) is 13.6. The zero-order chi connectivity index (χ0) is 26.2. The third-order valence-corrected chi connectivity index (χ3v) is 9.39. The van der Waals surface area contributed by atoms with E-state index in [1.807, 2.05) is 11.8 Å². The predicted octanol–water partition coefficient (Wildman–Crippen LogP) is 11.4. The first-order valence-corrected chi connectivity index (χ1v) is 14.4. The van der Waals surface area contributed by atoms with Crippen LogP contribution in [0.1, 0.15) is 0 Å². The molecule has 0 fully saturated rings. The second kappa shape index (κ2) is 8.35. The molecule has 0 radical (unpaired) electrons. The van der Waals surface area contributed by atoms with E-state index in [4.69, 9.17) is 4.42 Å². The van der Waals surface area contributed by atoms with Gasteiger partial charge in [0.1, 0.15) is 11.2 Å². The third-order valence-electron chi connectivity index (χ3n) is 8.25. The van der Waals surface area contributed by atoms with Crippen molar-refractivity contribution in [3.63, 3.8) is 0 Å². The van der Waals surface area contributed by atoms with Crippen molar-refractivity contribution >= 4 is 55.2 Å². The lowest BCUT2D eigenvalue weighted by Gasteiger charge is -2.21. The van der Waals surface area contributed by atoms with Crippen LogP contribution in [0.25, 0.3) is 76.9 Å². The van der Waals surface area contributed by atoms with E-state index in [-0.39, 0.29) is 0 Å². The van der Waals surface area contributed by atoms with E-state index >= 15 is 0 Å². The van der Waals surface area contributed by atoms with E-state index < -0.39 is 0 Å². The summed E-state index contributed by atoms with van der Waals surface area (Å²) in [6, 6.07) is 48.3. The largest absolute Gasteiger partial charge is 0.456 e. The van der Waals surface area contributed by atoms with Crippen molar-refractivity contribution in [1.82, 2.24) is 0 Å². The summed E-state index contributed by atoms with van der Waals surface area (Å²) in [4.78, 5) is 2.65. The number of furan rings is 1. The molecule has 0 spiro atoms. The van der Waals surface area contributed by atoms with Crippen LogP contribution in [0.3, 0.4) is 0 Å². The van der Waals surface area contributed by atoms with Gasteiger partial charge in [-0.1, -0.05) is 109 Å².